The summed E-state index contributed by atoms with van der Waals surface area (Å²) in [7, 11) is 2.14. The molecule has 0 amide bonds. The third kappa shape index (κ3) is 1.90. The summed E-state index contributed by atoms with van der Waals surface area (Å²) in [5.74, 6) is 0. The first kappa shape index (κ1) is 10.6. The zero-order valence-electron chi connectivity index (χ0n) is 9.70. The number of likely N-dealkylation sites (N-methyl/N-ethyl adjacent to an activating group) is 1. The highest BCUT2D eigenvalue weighted by Crippen LogP contribution is 2.31. The van der Waals surface area contributed by atoms with E-state index in [0.29, 0.717) is 6.04 Å². The van der Waals surface area contributed by atoms with Crippen molar-refractivity contribution >= 4 is 0 Å². The topological polar surface area (TPSA) is 42.1 Å². The van der Waals surface area contributed by atoms with Crippen molar-refractivity contribution in [1.82, 2.24) is 9.88 Å². The minimum absolute atomic E-state index is 0.248. The van der Waals surface area contributed by atoms with Gasteiger partial charge in [-0.2, -0.15) is 0 Å². The number of likely N-dealkylation sites (tertiary alicyclic amines) is 1. The van der Waals surface area contributed by atoms with Gasteiger partial charge < -0.3 is 5.73 Å². The molecule has 3 heteroatoms. The van der Waals surface area contributed by atoms with E-state index in [4.69, 9.17) is 5.73 Å². The quantitative estimate of drug-likeness (QED) is 0.753. The fourth-order valence-corrected chi connectivity index (χ4v) is 2.46. The lowest BCUT2D eigenvalue weighted by atomic mass is 9.98. The molecule has 3 nitrogen and oxygen atoms in total. The van der Waals surface area contributed by atoms with Crippen molar-refractivity contribution in [3.8, 4) is 0 Å². The van der Waals surface area contributed by atoms with Gasteiger partial charge in [0.1, 0.15) is 0 Å². The second-order valence-corrected chi connectivity index (χ2v) is 4.56. The first-order valence-corrected chi connectivity index (χ1v) is 5.48. The molecule has 1 aromatic rings. The molecule has 1 fully saturated rings. The highest BCUT2D eigenvalue weighted by Gasteiger charge is 2.31. The van der Waals surface area contributed by atoms with Gasteiger partial charge in [-0.05, 0) is 44.5 Å². The molecule has 0 aliphatic carbocycles. The highest BCUT2D eigenvalue weighted by molar-refractivity contribution is 5.29. The minimum atomic E-state index is 0.248. The second-order valence-electron chi connectivity index (χ2n) is 4.56. The molecule has 1 saturated heterocycles. The van der Waals surface area contributed by atoms with Crippen molar-refractivity contribution in [2.45, 2.75) is 32.4 Å². The molecular weight excluding hydrogens is 186 g/mol. The fourth-order valence-electron chi connectivity index (χ4n) is 2.46. The van der Waals surface area contributed by atoms with Crippen LogP contribution in [0, 0.1) is 13.8 Å². The van der Waals surface area contributed by atoms with Gasteiger partial charge in [0.25, 0.3) is 0 Å². The number of aromatic nitrogens is 1. The third-order valence-electron chi connectivity index (χ3n) is 3.30. The van der Waals surface area contributed by atoms with Crippen LogP contribution in [0.1, 0.15) is 29.3 Å². The maximum absolute atomic E-state index is 6.14. The van der Waals surface area contributed by atoms with Gasteiger partial charge in [0.2, 0.25) is 0 Å². The van der Waals surface area contributed by atoms with Crippen LogP contribution in [0.4, 0.5) is 0 Å². The van der Waals surface area contributed by atoms with E-state index in [2.05, 4.69) is 29.9 Å². The van der Waals surface area contributed by atoms with Gasteiger partial charge in [0.15, 0.2) is 0 Å². The Morgan fingerprint density at radius 2 is 2.20 bits per heavy atom. The Morgan fingerprint density at radius 3 is 2.73 bits per heavy atom. The lowest BCUT2D eigenvalue weighted by Gasteiger charge is -2.24. The number of nitrogens with two attached hydrogens (primary N) is 1. The second kappa shape index (κ2) is 3.91. The molecule has 82 valence electrons. The van der Waals surface area contributed by atoms with Crippen molar-refractivity contribution in [1.29, 1.82) is 0 Å². The molecule has 15 heavy (non-hydrogen) atoms. The Bertz CT molecular complexity index is 352. The Hall–Kier alpha value is -0.930. The monoisotopic (exact) mass is 205 g/mol. The number of hydrogen-bond donors (Lipinski definition) is 1. The lowest BCUT2D eigenvalue weighted by Crippen LogP contribution is -2.30. The zero-order chi connectivity index (χ0) is 11.0. The Morgan fingerprint density at radius 1 is 1.47 bits per heavy atom. The van der Waals surface area contributed by atoms with Crippen LogP contribution < -0.4 is 5.73 Å². The molecule has 1 aromatic heterocycles. The summed E-state index contributed by atoms with van der Waals surface area (Å²) in [6, 6.07) is 2.73. The molecule has 0 radical (unpaired) electrons. The third-order valence-corrected chi connectivity index (χ3v) is 3.30. The molecular formula is C12H19N3. The highest BCUT2D eigenvalue weighted by atomic mass is 15.2. The maximum Gasteiger partial charge on any atom is 0.0514 e. The number of rotatable bonds is 1. The molecule has 0 aromatic carbocycles. The van der Waals surface area contributed by atoms with Crippen LogP contribution >= 0.6 is 0 Å². The van der Waals surface area contributed by atoms with Crippen LogP contribution in [0.3, 0.4) is 0 Å². The van der Waals surface area contributed by atoms with Crippen molar-refractivity contribution in [2.75, 3.05) is 13.6 Å². The molecule has 2 rings (SSSR count). The molecule has 2 atom stereocenters. The average molecular weight is 205 g/mol. The molecule has 2 unspecified atom stereocenters. The molecule has 2 N–H and O–H groups in total. The van der Waals surface area contributed by atoms with Gasteiger partial charge in [0, 0.05) is 24.5 Å². The van der Waals surface area contributed by atoms with E-state index in [-0.39, 0.29) is 6.04 Å². The first-order valence-electron chi connectivity index (χ1n) is 5.48. The van der Waals surface area contributed by atoms with Crippen molar-refractivity contribution < 1.29 is 0 Å². The molecule has 0 bridgehead atoms. The molecule has 2 heterocycles. The Balaban J connectivity index is 2.36. The average Bonchev–Trinajstić information content (AvgIpc) is 2.48. The summed E-state index contributed by atoms with van der Waals surface area (Å²) >= 11 is 0. The summed E-state index contributed by atoms with van der Waals surface area (Å²) in [5, 5.41) is 0. The van der Waals surface area contributed by atoms with Crippen molar-refractivity contribution in [3.63, 3.8) is 0 Å². The van der Waals surface area contributed by atoms with E-state index in [9.17, 15) is 0 Å². The summed E-state index contributed by atoms with van der Waals surface area (Å²) in [6.07, 6.45) is 3.06. The molecule has 1 aliphatic rings. The van der Waals surface area contributed by atoms with Crippen molar-refractivity contribution in [3.05, 3.63) is 29.1 Å². The lowest BCUT2D eigenvalue weighted by molar-refractivity contribution is 0.302. The predicted molar refractivity (Wildman–Crippen MR) is 61.7 cm³/mol. The van der Waals surface area contributed by atoms with Gasteiger partial charge in [0.05, 0.1) is 6.04 Å². The van der Waals surface area contributed by atoms with Crippen LogP contribution in [-0.4, -0.2) is 29.5 Å². The summed E-state index contributed by atoms with van der Waals surface area (Å²) in [6.45, 7) is 5.25. The fraction of sp³-hybridized carbons (Fsp3) is 0.583. The largest absolute Gasteiger partial charge is 0.326 e. The number of nitrogens with zero attached hydrogens (tertiary/aromatic N) is 2. The van der Waals surface area contributed by atoms with Crippen LogP contribution in [0.2, 0.25) is 0 Å². The van der Waals surface area contributed by atoms with Gasteiger partial charge in [-0.25, -0.2) is 0 Å². The van der Waals surface area contributed by atoms with Gasteiger partial charge in [-0.1, -0.05) is 0 Å². The number of pyridine rings is 1. The van der Waals surface area contributed by atoms with Gasteiger partial charge in [-0.3, -0.25) is 9.88 Å². The van der Waals surface area contributed by atoms with Crippen LogP contribution in [-0.2, 0) is 0 Å². The van der Waals surface area contributed by atoms with Gasteiger partial charge in [-0.15, -0.1) is 0 Å². The van der Waals surface area contributed by atoms with E-state index in [0.717, 1.165) is 18.7 Å². The normalized spacial score (nSPS) is 27.2. The molecule has 0 spiro atoms. The standard InChI is InChI=1S/C12H19N3/c1-8-6-9(2)14-7-10(8)12-11(13)4-5-15(12)3/h6-7,11-12H,4-5,13H2,1-3H3. The van der Waals surface area contributed by atoms with Crippen LogP contribution in [0.15, 0.2) is 12.3 Å². The Kier molecular flexibility index (Phi) is 2.76. The molecule has 0 saturated carbocycles. The van der Waals surface area contributed by atoms with E-state index >= 15 is 0 Å². The van der Waals surface area contributed by atoms with E-state index in [1.165, 1.54) is 11.1 Å². The summed E-state index contributed by atoms with van der Waals surface area (Å²) in [5.41, 5.74) is 9.80. The number of aryl methyl sites for hydroxylation is 2. The minimum Gasteiger partial charge on any atom is -0.326 e. The zero-order valence-corrected chi connectivity index (χ0v) is 9.70. The first-order chi connectivity index (χ1) is 7.09. The summed E-state index contributed by atoms with van der Waals surface area (Å²) in [4.78, 5) is 6.69. The summed E-state index contributed by atoms with van der Waals surface area (Å²) < 4.78 is 0. The molecule has 1 aliphatic heterocycles. The van der Waals surface area contributed by atoms with Gasteiger partial charge >= 0.3 is 0 Å². The maximum atomic E-state index is 6.14. The SMILES string of the molecule is Cc1cc(C)c(C2C(N)CCN2C)cn1. The predicted octanol–water partition coefficient (Wildman–Crippen LogP) is 1.40. The van der Waals surface area contributed by atoms with Crippen LogP contribution in [0.25, 0.3) is 0 Å². The number of hydrogen-bond acceptors (Lipinski definition) is 3. The van der Waals surface area contributed by atoms with E-state index < -0.39 is 0 Å². The Labute approximate surface area is 91.3 Å². The van der Waals surface area contributed by atoms with E-state index in [1.807, 2.05) is 13.1 Å². The van der Waals surface area contributed by atoms with E-state index in [1.54, 1.807) is 0 Å². The smallest absolute Gasteiger partial charge is 0.0514 e. The van der Waals surface area contributed by atoms with Crippen LogP contribution in [0.5, 0.6) is 0 Å². The van der Waals surface area contributed by atoms with Crippen molar-refractivity contribution in [2.24, 2.45) is 5.73 Å².